The number of hydrogen-bond donors (Lipinski definition) is 1. The molecule has 2 aromatic carbocycles. The van der Waals surface area contributed by atoms with Crippen molar-refractivity contribution < 1.29 is 23.7 Å². The third kappa shape index (κ3) is 4.46. The first kappa shape index (κ1) is 19.7. The van der Waals surface area contributed by atoms with Gasteiger partial charge in [0.2, 0.25) is 0 Å². The van der Waals surface area contributed by atoms with Crippen LogP contribution >= 0.6 is 0 Å². The van der Waals surface area contributed by atoms with Gasteiger partial charge in [0.1, 0.15) is 16.9 Å². The second-order valence-electron chi connectivity index (χ2n) is 6.10. The van der Waals surface area contributed by atoms with Gasteiger partial charge in [-0.2, -0.15) is 0 Å². The normalized spacial score (nSPS) is 10.5. The van der Waals surface area contributed by atoms with Crippen LogP contribution in [-0.4, -0.2) is 23.3 Å². The summed E-state index contributed by atoms with van der Waals surface area (Å²) >= 11 is 0. The number of carbonyl (C=O) groups is 2. The van der Waals surface area contributed by atoms with E-state index in [1.807, 2.05) is 6.92 Å². The Kier molecular flexibility index (Phi) is 5.68. The number of nitro benzene ring substituents is 1. The van der Waals surface area contributed by atoms with E-state index in [0.717, 1.165) is 12.5 Å². The van der Waals surface area contributed by atoms with Gasteiger partial charge in [0.15, 0.2) is 0 Å². The van der Waals surface area contributed by atoms with Crippen molar-refractivity contribution in [2.75, 3.05) is 6.54 Å². The van der Waals surface area contributed by atoms with E-state index in [4.69, 9.17) is 9.15 Å². The first-order valence-electron chi connectivity index (χ1n) is 8.72. The maximum absolute atomic E-state index is 12.2. The smallest absolute Gasteiger partial charge is 0.349 e. The lowest BCUT2D eigenvalue weighted by atomic mass is 10.1. The number of nitro groups is 1. The van der Waals surface area contributed by atoms with E-state index in [1.165, 1.54) is 42.5 Å². The van der Waals surface area contributed by atoms with Gasteiger partial charge in [0.25, 0.3) is 11.6 Å². The van der Waals surface area contributed by atoms with Crippen LogP contribution in [0.4, 0.5) is 5.69 Å². The van der Waals surface area contributed by atoms with E-state index >= 15 is 0 Å². The van der Waals surface area contributed by atoms with Gasteiger partial charge in [-0.05, 0) is 30.7 Å². The molecule has 9 heteroatoms. The van der Waals surface area contributed by atoms with Gasteiger partial charge in [-0.25, -0.2) is 9.59 Å². The summed E-state index contributed by atoms with van der Waals surface area (Å²) in [7, 11) is 0. The quantitative estimate of drug-likeness (QED) is 0.223. The van der Waals surface area contributed by atoms with Gasteiger partial charge in [-0.15, -0.1) is 0 Å². The summed E-state index contributed by atoms with van der Waals surface area (Å²) in [5, 5.41) is 13.9. The number of fused-ring (bicyclic) bond motifs is 1. The second kappa shape index (κ2) is 8.34. The van der Waals surface area contributed by atoms with Crippen LogP contribution in [0.5, 0.6) is 5.75 Å². The summed E-state index contributed by atoms with van der Waals surface area (Å²) in [6, 6.07) is 10.9. The van der Waals surface area contributed by atoms with Crippen LogP contribution in [0.2, 0.25) is 0 Å². The Morgan fingerprint density at radius 1 is 1.17 bits per heavy atom. The standard InChI is InChI=1S/C20H16N2O7/c1-2-8-21-18(23)16-10-12-6-7-15(11-17(12)29-20(16)25)28-19(24)13-4-3-5-14(9-13)22(26)27/h3-7,9-11H,2,8H2,1H3,(H,21,23). The van der Waals surface area contributed by atoms with Crippen LogP contribution in [0.1, 0.15) is 34.1 Å². The Bertz CT molecular complexity index is 1170. The summed E-state index contributed by atoms with van der Waals surface area (Å²) < 4.78 is 10.4. The highest BCUT2D eigenvalue weighted by molar-refractivity contribution is 5.97. The highest BCUT2D eigenvalue weighted by Crippen LogP contribution is 2.22. The van der Waals surface area contributed by atoms with E-state index in [2.05, 4.69) is 5.32 Å². The number of hydrogen-bond acceptors (Lipinski definition) is 7. The number of non-ortho nitro benzene ring substituents is 1. The molecular weight excluding hydrogens is 380 g/mol. The Labute approximate surface area is 164 Å². The number of nitrogens with one attached hydrogen (secondary N) is 1. The minimum absolute atomic E-state index is 0.00342. The number of carbonyl (C=O) groups excluding carboxylic acids is 2. The van der Waals surface area contributed by atoms with E-state index < -0.39 is 22.4 Å². The molecule has 0 saturated carbocycles. The molecule has 1 amide bonds. The molecule has 0 atom stereocenters. The average Bonchev–Trinajstić information content (AvgIpc) is 2.71. The zero-order chi connectivity index (χ0) is 21.0. The van der Waals surface area contributed by atoms with Crippen LogP contribution < -0.4 is 15.7 Å². The predicted octanol–water partition coefficient (Wildman–Crippen LogP) is 3.06. The zero-order valence-corrected chi connectivity index (χ0v) is 15.3. The van der Waals surface area contributed by atoms with E-state index in [-0.39, 0.29) is 28.1 Å². The Morgan fingerprint density at radius 2 is 1.97 bits per heavy atom. The molecule has 0 unspecified atom stereocenters. The van der Waals surface area contributed by atoms with Gasteiger partial charge in [-0.1, -0.05) is 13.0 Å². The van der Waals surface area contributed by atoms with Gasteiger partial charge in [0, 0.05) is 30.1 Å². The average molecular weight is 396 g/mol. The van der Waals surface area contributed by atoms with Crippen molar-refractivity contribution in [2.24, 2.45) is 0 Å². The second-order valence-corrected chi connectivity index (χ2v) is 6.10. The molecule has 0 bridgehead atoms. The van der Waals surface area contributed by atoms with Crippen LogP contribution in [-0.2, 0) is 0 Å². The number of rotatable bonds is 6. The minimum atomic E-state index is -0.812. The summed E-state index contributed by atoms with van der Waals surface area (Å²) in [5.74, 6) is -1.24. The van der Waals surface area contributed by atoms with Crippen molar-refractivity contribution >= 4 is 28.5 Å². The van der Waals surface area contributed by atoms with Crippen molar-refractivity contribution in [3.05, 3.63) is 80.2 Å². The van der Waals surface area contributed by atoms with Crippen LogP contribution in [0.25, 0.3) is 11.0 Å². The van der Waals surface area contributed by atoms with E-state index in [1.54, 1.807) is 0 Å². The summed E-state index contributed by atoms with van der Waals surface area (Å²) in [4.78, 5) is 46.6. The fourth-order valence-corrected chi connectivity index (χ4v) is 2.56. The molecule has 1 heterocycles. The Hall–Kier alpha value is -4.01. The number of amides is 1. The van der Waals surface area contributed by atoms with Crippen LogP contribution in [0.3, 0.4) is 0 Å². The van der Waals surface area contributed by atoms with Crippen molar-refractivity contribution in [3.63, 3.8) is 0 Å². The van der Waals surface area contributed by atoms with Crippen molar-refractivity contribution in [3.8, 4) is 5.75 Å². The fraction of sp³-hybridized carbons (Fsp3) is 0.150. The lowest BCUT2D eigenvalue weighted by molar-refractivity contribution is -0.384. The number of esters is 1. The molecular formula is C20H16N2O7. The molecule has 0 saturated heterocycles. The Morgan fingerprint density at radius 3 is 2.69 bits per heavy atom. The maximum atomic E-state index is 12.2. The van der Waals surface area contributed by atoms with Gasteiger partial charge in [-0.3, -0.25) is 14.9 Å². The lowest BCUT2D eigenvalue weighted by Crippen LogP contribution is -2.28. The maximum Gasteiger partial charge on any atom is 0.349 e. The fourth-order valence-electron chi connectivity index (χ4n) is 2.56. The molecule has 0 aliphatic heterocycles. The topological polar surface area (TPSA) is 129 Å². The van der Waals surface area contributed by atoms with Crippen LogP contribution in [0, 0.1) is 10.1 Å². The molecule has 29 heavy (non-hydrogen) atoms. The molecule has 0 radical (unpaired) electrons. The zero-order valence-electron chi connectivity index (χ0n) is 15.3. The van der Waals surface area contributed by atoms with E-state index in [9.17, 15) is 24.5 Å². The summed E-state index contributed by atoms with van der Waals surface area (Å²) in [6.45, 7) is 2.32. The monoisotopic (exact) mass is 396 g/mol. The minimum Gasteiger partial charge on any atom is -0.423 e. The molecule has 3 rings (SSSR count). The molecule has 0 fully saturated rings. The number of benzene rings is 2. The largest absolute Gasteiger partial charge is 0.423 e. The third-order valence-electron chi connectivity index (χ3n) is 3.99. The Balaban J connectivity index is 1.85. The van der Waals surface area contributed by atoms with Gasteiger partial charge < -0.3 is 14.5 Å². The molecule has 3 aromatic rings. The molecule has 0 aliphatic rings. The molecule has 0 spiro atoms. The predicted molar refractivity (Wildman–Crippen MR) is 103 cm³/mol. The van der Waals surface area contributed by atoms with Crippen LogP contribution in [0.15, 0.2) is 57.7 Å². The molecule has 1 aromatic heterocycles. The van der Waals surface area contributed by atoms with Crippen molar-refractivity contribution in [1.82, 2.24) is 5.32 Å². The molecule has 148 valence electrons. The first-order chi connectivity index (χ1) is 13.9. The highest BCUT2D eigenvalue weighted by Gasteiger charge is 2.16. The van der Waals surface area contributed by atoms with Gasteiger partial charge >= 0.3 is 11.6 Å². The molecule has 1 N–H and O–H groups in total. The first-order valence-corrected chi connectivity index (χ1v) is 8.72. The lowest BCUT2D eigenvalue weighted by Gasteiger charge is -2.07. The molecule has 9 nitrogen and oxygen atoms in total. The van der Waals surface area contributed by atoms with Crippen molar-refractivity contribution in [1.29, 1.82) is 0 Å². The summed E-state index contributed by atoms with van der Waals surface area (Å²) in [6.07, 6.45) is 0.726. The van der Waals surface area contributed by atoms with Gasteiger partial charge in [0.05, 0.1) is 10.5 Å². The SMILES string of the molecule is CCCNC(=O)c1cc2ccc(OC(=O)c3cccc([N+](=O)[O-])c3)cc2oc1=O. The third-order valence-corrected chi connectivity index (χ3v) is 3.99. The van der Waals surface area contributed by atoms with Crippen molar-refractivity contribution in [2.45, 2.75) is 13.3 Å². The van der Waals surface area contributed by atoms with E-state index in [0.29, 0.717) is 11.9 Å². The summed E-state index contributed by atoms with van der Waals surface area (Å²) in [5.41, 5.74) is -1.03. The number of nitrogens with zero attached hydrogens (tertiary/aromatic N) is 1. The molecule has 0 aliphatic carbocycles. The number of ether oxygens (including phenoxy) is 1. The highest BCUT2D eigenvalue weighted by atomic mass is 16.6.